The molecule has 1 aromatic heterocycles. The Morgan fingerprint density at radius 2 is 2.15 bits per heavy atom. The van der Waals surface area contributed by atoms with Gasteiger partial charge in [-0.2, -0.15) is 4.31 Å². The quantitative estimate of drug-likeness (QED) is 0.650. The first kappa shape index (κ1) is 15.9. The summed E-state index contributed by atoms with van der Waals surface area (Å²) in [6, 6.07) is 1.11. The normalized spacial score (nSPS) is 11.5. The van der Waals surface area contributed by atoms with Crippen LogP contribution in [0, 0.1) is 0 Å². The number of nitrogens with zero attached hydrogens (tertiary/aromatic N) is 2. The molecule has 1 rings (SSSR count). The Morgan fingerprint density at radius 1 is 1.55 bits per heavy atom. The highest BCUT2D eigenvalue weighted by atomic mass is 32.2. The summed E-state index contributed by atoms with van der Waals surface area (Å²) < 4.78 is 26.6. The van der Waals surface area contributed by atoms with Crippen LogP contribution in [-0.2, 0) is 21.9 Å². The van der Waals surface area contributed by atoms with E-state index in [2.05, 4.69) is 6.58 Å². The van der Waals surface area contributed by atoms with E-state index in [1.54, 1.807) is 0 Å². The SMILES string of the molecule is C=CCN(CC(=O)O)S(=O)(=O)c1cc(C(N)=O)n(C)c1. The zero-order valence-corrected chi connectivity index (χ0v) is 11.6. The number of rotatable bonds is 7. The number of carboxylic acids is 1. The number of aliphatic carboxylic acids is 1. The first-order valence-electron chi connectivity index (χ1n) is 5.49. The molecule has 0 unspecified atom stereocenters. The number of carbonyl (C=O) groups excluding carboxylic acids is 1. The minimum atomic E-state index is -4.04. The maximum Gasteiger partial charge on any atom is 0.318 e. The van der Waals surface area contributed by atoms with Gasteiger partial charge in [0, 0.05) is 19.8 Å². The van der Waals surface area contributed by atoms with Gasteiger partial charge in [-0.25, -0.2) is 8.42 Å². The molecule has 0 spiro atoms. The third-order valence-electron chi connectivity index (χ3n) is 2.51. The summed E-state index contributed by atoms with van der Waals surface area (Å²) >= 11 is 0. The van der Waals surface area contributed by atoms with Crippen molar-refractivity contribution in [1.29, 1.82) is 0 Å². The summed E-state index contributed by atoms with van der Waals surface area (Å²) in [5.74, 6) is -2.07. The van der Waals surface area contributed by atoms with E-state index in [4.69, 9.17) is 10.8 Å². The lowest BCUT2D eigenvalue weighted by molar-refractivity contribution is -0.137. The molecule has 0 radical (unpaired) electrons. The standard InChI is InChI=1S/C11H15N3O5S/c1-3-4-14(7-10(15)16)20(18,19)8-5-9(11(12)17)13(2)6-8/h3,5-6H,1,4,7H2,2H3,(H2,12,17)(H,15,16). The lowest BCUT2D eigenvalue weighted by Gasteiger charge is -2.17. The molecular formula is C11H15N3O5S. The van der Waals surface area contributed by atoms with Crippen molar-refractivity contribution in [2.45, 2.75) is 4.90 Å². The van der Waals surface area contributed by atoms with Crippen LogP contribution in [0.15, 0.2) is 29.8 Å². The van der Waals surface area contributed by atoms with Crippen LogP contribution >= 0.6 is 0 Å². The minimum Gasteiger partial charge on any atom is -0.480 e. The smallest absolute Gasteiger partial charge is 0.318 e. The lowest BCUT2D eigenvalue weighted by Crippen LogP contribution is -2.35. The fraction of sp³-hybridized carbons (Fsp3) is 0.273. The van der Waals surface area contributed by atoms with E-state index in [0.29, 0.717) is 0 Å². The lowest BCUT2D eigenvalue weighted by atomic mass is 10.4. The first-order valence-corrected chi connectivity index (χ1v) is 6.93. The van der Waals surface area contributed by atoms with Gasteiger partial charge in [0.15, 0.2) is 0 Å². The van der Waals surface area contributed by atoms with Gasteiger partial charge in [0.2, 0.25) is 10.0 Å². The van der Waals surface area contributed by atoms with Crippen molar-refractivity contribution in [3.05, 3.63) is 30.6 Å². The summed E-state index contributed by atoms with van der Waals surface area (Å²) in [4.78, 5) is 21.6. The van der Waals surface area contributed by atoms with E-state index in [1.807, 2.05) is 0 Å². The van der Waals surface area contributed by atoms with Crippen molar-refractivity contribution in [2.75, 3.05) is 13.1 Å². The molecule has 8 nitrogen and oxygen atoms in total. The molecule has 0 fully saturated rings. The predicted molar refractivity (Wildman–Crippen MR) is 70.5 cm³/mol. The molecule has 0 aliphatic rings. The second-order valence-corrected chi connectivity index (χ2v) is 5.95. The van der Waals surface area contributed by atoms with Crippen LogP contribution in [0.4, 0.5) is 0 Å². The molecule has 0 bridgehead atoms. The average Bonchev–Trinajstić information content (AvgIpc) is 2.71. The van der Waals surface area contributed by atoms with Crippen LogP contribution in [0.2, 0.25) is 0 Å². The van der Waals surface area contributed by atoms with E-state index in [-0.39, 0.29) is 17.1 Å². The summed E-state index contributed by atoms with van der Waals surface area (Å²) in [6.07, 6.45) is 2.48. The highest BCUT2D eigenvalue weighted by Crippen LogP contribution is 2.18. The minimum absolute atomic E-state index is 0.0115. The summed E-state index contributed by atoms with van der Waals surface area (Å²) in [5.41, 5.74) is 5.12. The molecule has 110 valence electrons. The first-order chi connectivity index (χ1) is 9.20. The monoisotopic (exact) mass is 301 g/mol. The van der Waals surface area contributed by atoms with Crippen LogP contribution in [0.25, 0.3) is 0 Å². The number of carboxylic acid groups (broad SMARTS) is 1. The maximum absolute atomic E-state index is 12.3. The van der Waals surface area contributed by atoms with Crippen LogP contribution in [0.5, 0.6) is 0 Å². The molecule has 0 atom stereocenters. The van der Waals surface area contributed by atoms with Gasteiger partial charge in [0.25, 0.3) is 5.91 Å². The molecule has 0 aliphatic carbocycles. The maximum atomic E-state index is 12.3. The third-order valence-corrected chi connectivity index (χ3v) is 4.29. The Morgan fingerprint density at radius 3 is 2.55 bits per heavy atom. The van der Waals surface area contributed by atoms with Gasteiger partial charge in [-0.3, -0.25) is 9.59 Å². The largest absolute Gasteiger partial charge is 0.480 e. The second-order valence-electron chi connectivity index (χ2n) is 4.02. The highest BCUT2D eigenvalue weighted by molar-refractivity contribution is 7.89. The van der Waals surface area contributed by atoms with Crippen molar-refractivity contribution in [1.82, 2.24) is 8.87 Å². The summed E-state index contributed by atoms with van der Waals surface area (Å²) in [7, 11) is -2.57. The van der Waals surface area contributed by atoms with Crippen molar-refractivity contribution in [2.24, 2.45) is 12.8 Å². The number of hydrogen-bond donors (Lipinski definition) is 2. The zero-order chi connectivity index (χ0) is 15.5. The molecule has 0 aromatic carbocycles. The fourth-order valence-electron chi connectivity index (χ4n) is 1.61. The van der Waals surface area contributed by atoms with Gasteiger partial charge in [-0.1, -0.05) is 6.08 Å². The Labute approximate surface area is 116 Å². The van der Waals surface area contributed by atoms with E-state index in [1.165, 1.54) is 23.9 Å². The van der Waals surface area contributed by atoms with Crippen molar-refractivity contribution in [3.8, 4) is 0 Å². The number of aromatic nitrogens is 1. The van der Waals surface area contributed by atoms with E-state index < -0.39 is 28.4 Å². The van der Waals surface area contributed by atoms with Crippen LogP contribution in [0.1, 0.15) is 10.5 Å². The van der Waals surface area contributed by atoms with Gasteiger partial charge >= 0.3 is 5.97 Å². The van der Waals surface area contributed by atoms with Gasteiger partial charge in [0.1, 0.15) is 17.1 Å². The summed E-state index contributed by atoms with van der Waals surface area (Å²) in [5, 5.41) is 8.75. The zero-order valence-electron chi connectivity index (χ0n) is 10.8. The van der Waals surface area contributed by atoms with E-state index in [9.17, 15) is 18.0 Å². The second kappa shape index (κ2) is 5.88. The Hall–Kier alpha value is -2.13. The predicted octanol–water partition coefficient (Wildman–Crippen LogP) is -0.615. The van der Waals surface area contributed by atoms with Crippen LogP contribution < -0.4 is 5.73 Å². The molecule has 0 aliphatic heterocycles. The van der Waals surface area contributed by atoms with E-state index in [0.717, 1.165) is 10.4 Å². The van der Waals surface area contributed by atoms with Gasteiger partial charge in [0.05, 0.1) is 0 Å². The highest BCUT2D eigenvalue weighted by Gasteiger charge is 2.27. The number of hydrogen-bond acceptors (Lipinski definition) is 4. The molecule has 3 N–H and O–H groups in total. The number of sulfonamides is 1. The number of aryl methyl sites for hydroxylation is 1. The van der Waals surface area contributed by atoms with Gasteiger partial charge in [-0.05, 0) is 6.07 Å². The number of nitrogens with two attached hydrogens (primary N) is 1. The van der Waals surface area contributed by atoms with Crippen molar-refractivity contribution >= 4 is 21.9 Å². The third kappa shape index (κ3) is 3.25. The molecule has 1 aromatic rings. The molecular weight excluding hydrogens is 286 g/mol. The van der Waals surface area contributed by atoms with Crippen molar-refractivity contribution < 1.29 is 23.1 Å². The Balaban J connectivity index is 3.25. The number of amides is 1. The molecule has 1 heterocycles. The van der Waals surface area contributed by atoms with Crippen LogP contribution in [-0.4, -0.2) is 47.4 Å². The number of carbonyl (C=O) groups is 2. The Kier molecular flexibility index (Phi) is 4.69. The van der Waals surface area contributed by atoms with Gasteiger partial charge in [-0.15, -0.1) is 6.58 Å². The van der Waals surface area contributed by atoms with Crippen molar-refractivity contribution in [3.63, 3.8) is 0 Å². The molecule has 0 saturated heterocycles. The fourth-order valence-corrected chi connectivity index (χ4v) is 3.04. The topological polar surface area (TPSA) is 123 Å². The Bertz CT molecular complexity index is 647. The average molecular weight is 301 g/mol. The number of primary amides is 1. The summed E-state index contributed by atoms with van der Waals surface area (Å²) in [6.45, 7) is 2.53. The molecule has 20 heavy (non-hydrogen) atoms. The molecule has 9 heteroatoms. The van der Waals surface area contributed by atoms with E-state index >= 15 is 0 Å². The van der Waals surface area contributed by atoms with Gasteiger partial charge < -0.3 is 15.4 Å². The van der Waals surface area contributed by atoms with Crippen LogP contribution in [0.3, 0.4) is 0 Å². The molecule has 1 amide bonds. The molecule has 0 saturated carbocycles.